The van der Waals surface area contributed by atoms with Gasteiger partial charge in [0.2, 0.25) is 11.8 Å². The average Bonchev–Trinajstić information content (AvgIpc) is 3.57. The first-order valence-electron chi connectivity index (χ1n) is 16.4. The lowest BCUT2D eigenvalue weighted by molar-refractivity contribution is 0.0784. The molecule has 0 radical (unpaired) electrons. The van der Waals surface area contributed by atoms with Crippen LogP contribution in [-0.2, 0) is 9.47 Å². The highest BCUT2D eigenvalue weighted by molar-refractivity contribution is 7.22. The van der Waals surface area contributed by atoms with Crippen molar-refractivity contribution in [3.63, 3.8) is 0 Å². The van der Waals surface area contributed by atoms with Crippen LogP contribution in [0.1, 0.15) is 48.9 Å². The number of anilines is 3. The summed E-state index contributed by atoms with van der Waals surface area (Å²) < 4.78 is 24.2. The highest BCUT2D eigenvalue weighted by Gasteiger charge is 2.23. The normalized spacial score (nSPS) is 17.5. The zero-order valence-corrected chi connectivity index (χ0v) is 27.7. The molecule has 0 aliphatic carbocycles. The van der Waals surface area contributed by atoms with Crippen molar-refractivity contribution >= 4 is 38.1 Å². The van der Waals surface area contributed by atoms with Crippen molar-refractivity contribution in [2.45, 2.75) is 37.5 Å². The Morgan fingerprint density at radius 1 is 0.673 bits per heavy atom. The maximum atomic E-state index is 6.05. The van der Waals surface area contributed by atoms with E-state index in [0.29, 0.717) is 36.4 Å². The third kappa shape index (κ3) is 8.47. The Labute approximate surface area is 288 Å². The Bertz CT molecular complexity index is 1910. The van der Waals surface area contributed by atoms with Crippen LogP contribution in [0, 0.1) is 0 Å². The van der Waals surface area contributed by atoms with Crippen molar-refractivity contribution in [1.29, 1.82) is 0 Å². The molecule has 49 heavy (non-hydrogen) atoms. The van der Waals surface area contributed by atoms with Gasteiger partial charge in [-0.2, -0.15) is 0 Å². The molecule has 0 saturated carbocycles. The predicted octanol–water partition coefficient (Wildman–Crippen LogP) is 8.26. The van der Waals surface area contributed by atoms with Crippen LogP contribution in [0.3, 0.4) is 0 Å². The smallest absolute Gasteiger partial charge is 0.241 e. The van der Waals surface area contributed by atoms with Crippen LogP contribution in [0.5, 0.6) is 23.3 Å². The summed E-state index contributed by atoms with van der Waals surface area (Å²) in [5.74, 6) is 3.01. The van der Waals surface area contributed by atoms with Crippen LogP contribution in [0.25, 0.3) is 10.2 Å². The molecule has 0 spiro atoms. The minimum atomic E-state index is 0.229. The maximum absolute atomic E-state index is 6.05. The fourth-order valence-electron chi connectivity index (χ4n) is 5.72. The van der Waals surface area contributed by atoms with E-state index in [2.05, 4.69) is 36.3 Å². The summed E-state index contributed by atoms with van der Waals surface area (Å²) in [6, 6.07) is 23.2. The minimum absolute atomic E-state index is 0.229. The lowest BCUT2D eigenvalue weighted by atomic mass is 9.98. The molecule has 250 valence electrons. The Hall–Kier alpha value is -5.17. The van der Waals surface area contributed by atoms with Gasteiger partial charge in [-0.15, -0.1) is 0 Å². The number of para-hydroxylation sites is 1. The molecule has 2 atom stereocenters. The monoisotopic (exact) mass is 675 g/mol. The summed E-state index contributed by atoms with van der Waals surface area (Å²) in [6.07, 6.45) is 10.9. The maximum Gasteiger partial charge on any atom is 0.241 e. The van der Waals surface area contributed by atoms with Gasteiger partial charge in [-0.25, -0.2) is 15.0 Å². The topological polar surface area (TPSA) is 139 Å². The third-order valence-corrected chi connectivity index (χ3v) is 9.14. The van der Waals surface area contributed by atoms with E-state index in [-0.39, 0.29) is 11.8 Å². The van der Waals surface area contributed by atoms with Crippen molar-refractivity contribution < 1.29 is 18.9 Å². The Morgan fingerprint density at radius 3 is 1.78 bits per heavy atom. The number of hydrogen-bond donors (Lipinski definition) is 2. The number of nitrogens with zero attached hydrogens (tertiary/aromatic N) is 5. The van der Waals surface area contributed by atoms with E-state index in [1.165, 1.54) is 0 Å². The van der Waals surface area contributed by atoms with Crippen LogP contribution in [0.2, 0.25) is 0 Å². The first-order chi connectivity index (χ1) is 24.2. The Morgan fingerprint density at radius 2 is 1.22 bits per heavy atom. The second-order valence-corrected chi connectivity index (χ2v) is 12.8. The number of aromatic nitrogens is 5. The Kier molecular flexibility index (Phi) is 10.5. The van der Waals surface area contributed by atoms with Crippen LogP contribution in [0.15, 0.2) is 97.6 Å². The van der Waals surface area contributed by atoms with Crippen LogP contribution in [0.4, 0.5) is 16.5 Å². The SMILES string of the molecule is Nc1ccc(Oc2nccnc2C2CCCOC2)cc1.c1ccc2sc(Nc3ccc(Oc4nccnc4C4CCCOC4)cc3)nc2c1. The number of fused-ring (bicyclic) bond motifs is 1. The van der Waals surface area contributed by atoms with Gasteiger partial charge in [0.05, 0.1) is 23.4 Å². The van der Waals surface area contributed by atoms with E-state index in [0.717, 1.165) is 77.1 Å². The molecule has 3 aromatic heterocycles. The predicted molar refractivity (Wildman–Crippen MR) is 190 cm³/mol. The molecule has 11 nitrogen and oxygen atoms in total. The molecule has 3 N–H and O–H groups in total. The quantitative estimate of drug-likeness (QED) is 0.151. The second kappa shape index (κ2) is 15.8. The van der Waals surface area contributed by atoms with Gasteiger partial charge in [0, 0.05) is 61.2 Å². The summed E-state index contributed by atoms with van der Waals surface area (Å²) in [6.45, 7) is 2.98. The van der Waals surface area contributed by atoms with E-state index in [9.17, 15) is 0 Å². The molecule has 5 heterocycles. The van der Waals surface area contributed by atoms with E-state index in [1.54, 1.807) is 48.3 Å². The molecule has 2 aliphatic rings. The number of nitrogens with one attached hydrogen (secondary N) is 1. The van der Waals surface area contributed by atoms with Gasteiger partial charge < -0.3 is 30.0 Å². The van der Waals surface area contributed by atoms with Crippen LogP contribution >= 0.6 is 11.3 Å². The molecular weight excluding hydrogens is 639 g/mol. The highest BCUT2D eigenvalue weighted by Crippen LogP contribution is 2.34. The first-order valence-corrected chi connectivity index (χ1v) is 17.2. The van der Waals surface area contributed by atoms with Gasteiger partial charge in [-0.3, -0.25) is 9.97 Å². The molecule has 8 rings (SSSR count). The summed E-state index contributed by atoms with van der Waals surface area (Å²) in [5.41, 5.74) is 10.1. The number of nitrogen functional groups attached to an aromatic ring is 1. The summed E-state index contributed by atoms with van der Waals surface area (Å²) in [4.78, 5) is 22.2. The standard InChI is InChI=1S/C22H20N4O2S.C15H17N3O2/c1-2-6-19-18(5-1)26-22(29-19)25-16-7-9-17(10-8-16)28-21-20(23-11-12-24-21)15-4-3-13-27-14-15;16-12-3-5-13(6-4-12)20-15-14(17-7-8-18-15)11-2-1-9-19-10-11/h1-2,5-12,15H,3-4,13-14H2,(H,25,26);3-8,11H,1-2,9-10,16H2. The van der Waals surface area contributed by atoms with Crippen molar-refractivity contribution in [2.75, 3.05) is 37.5 Å². The van der Waals surface area contributed by atoms with Gasteiger partial charge >= 0.3 is 0 Å². The van der Waals surface area contributed by atoms with Gasteiger partial charge in [0.25, 0.3) is 0 Å². The number of ether oxygens (including phenoxy) is 4. The van der Waals surface area contributed by atoms with Crippen molar-refractivity contribution in [3.8, 4) is 23.3 Å². The third-order valence-electron chi connectivity index (χ3n) is 8.19. The summed E-state index contributed by atoms with van der Waals surface area (Å²) in [7, 11) is 0. The van der Waals surface area contributed by atoms with Crippen molar-refractivity contribution in [1.82, 2.24) is 24.9 Å². The summed E-state index contributed by atoms with van der Waals surface area (Å²) in [5, 5.41) is 4.22. The average molecular weight is 676 g/mol. The lowest BCUT2D eigenvalue weighted by Crippen LogP contribution is -2.17. The number of rotatable bonds is 8. The number of hydrogen-bond acceptors (Lipinski definition) is 12. The van der Waals surface area contributed by atoms with Gasteiger partial charge in [0.1, 0.15) is 22.9 Å². The van der Waals surface area contributed by atoms with E-state index >= 15 is 0 Å². The summed E-state index contributed by atoms with van der Waals surface area (Å²) >= 11 is 1.63. The number of nitrogens with two attached hydrogens (primary N) is 1. The molecule has 2 fully saturated rings. The van der Waals surface area contributed by atoms with E-state index in [4.69, 9.17) is 24.7 Å². The Balaban J connectivity index is 0.000000166. The number of thiazole rings is 1. The molecule has 12 heteroatoms. The van der Waals surface area contributed by atoms with Gasteiger partial charge in [-0.05, 0) is 86.3 Å². The molecule has 3 aromatic carbocycles. The minimum Gasteiger partial charge on any atom is -0.437 e. The molecule has 6 aromatic rings. The molecular formula is C37H37N7O4S. The molecule has 2 saturated heterocycles. The second-order valence-electron chi connectivity index (χ2n) is 11.7. The zero-order chi connectivity index (χ0) is 33.3. The lowest BCUT2D eigenvalue weighted by Gasteiger charge is -2.22. The molecule has 2 aliphatic heterocycles. The van der Waals surface area contributed by atoms with Gasteiger partial charge in [0.15, 0.2) is 5.13 Å². The van der Waals surface area contributed by atoms with Crippen molar-refractivity contribution in [2.24, 2.45) is 0 Å². The van der Waals surface area contributed by atoms with Crippen LogP contribution < -0.4 is 20.5 Å². The number of benzene rings is 3. The molecule has 0 amide bonds. The molecule has 0 bridgehead atoms. The van der Waals surface area contributed by atoms with Crippen molar-refractivity contribution in [3.05, 3.63) is 109 Å². The zero-order valence-electron chi connectivity index (χ0n) is 26.9. The fourth-order valence-corrected chi connectivity index (χ4v) is 6.60. The van der Waals surface area contributed by atoms with Crippen LogP contribution in [-0.4, -0.2) is 51.3 Å². The largest absolute Gasteiger partial charge is 0.437 e. The van der Waals surface area contributed by atoms with Gasteiger partial charge in [-0.1, -0.05) is 23.5 Å². The highest BCUT2D eigenvalue weighted by atomic mass is 32.1. The fraction of sp³-hybridized carbons (Fsp3) is 0.270. The first kappa shape index (κ1) is 32.4. The van der Waals surface area contributed by atoms with E-state index in [1.807, 2.05) is 54.6 Å². The molecule has 2 unspecified atom stereocenters. The van der Waals surface area contributed by atoms with E-state index < -0.39 is 0 Å².